The van der Waals surface area contributed by atoms with Crippen LogP contribution in [0, 0.1) is 0 Å². The Hall–Kier alpha value is -3.02. The zero-order chi connectivity index (χ0) is 18.2. The van der Waals surface area contributed by atoms with E-state index in [1.165, 1.54) is 0 Å². The maximum atomic E-state index is 11.6. The third kappa shape index (κ3) is 4.75. The molecule has 0 unspecified atom stereocenters. The molecule has 2 aromatic heterocycles. The van der Waals surface area contributed by atoms with Gasteiger partial charge in [-0.1, -0.05) is 6.07 Å². The molecule has 0 aliphatic carbocycles. The molecule has 2 heterocycles. The van der Waals surface area contributed by atoms with Gasteiger partial charge in [0.1, 0.15) is 18.1 Å². The molecule has 0 bridgehead atoms. The zero-order valence-electron chi connectivity index (χ0n) is 14.9. The van der Waals surface area contributed by atoms with Crippen molar-refractivity contribution in [3.05, 3.63) is 54.9 Å². The van der Waals surface area contributed by atoms with E-state index < -0.39 is 0 Å². The van der Waals surface area contributed by atoms with Gasteiger partial charge in [-0.3, -0.25) is 4.79 Å². The number of carbonyl (C=O) groups excluding carboxylic acids is 1. The first kappa shape index (κ1) is 17.8. The van der Waals surface area contributed by atoms with Crippen LogP contribution in [0.4, 0.5) is 5.82 Å². The van der Waals surface area contributed by atoms with Crippen LogP contribution in [-0.4, -0.2) is 35.3 Å². The van der Waals surface area contributed by atoms with Crippen LogP contribution in [0.1, 0.15) is 13.3 Å². The van der Waals surface area contributed by atoms with Gasteiger partial charge < -0.3 is 19.4 Å². The number of nitrogens with zero attached hydrogens (tertiary/aromatic N) is 2. The standard InChI is InChI=1S/C20H23N3O3/c1-2-25-20(24)15-23-12-9-16-14-17(7-8-18(16)23)26-13-5-11-22-19-6-3-4-10-21-19/h3-4,6-10,12,14H,2,5,11,13,15H2,1H3,(H,21,22). The summed E-state index contributed by atoms with van der Waals surface area (Å²) in [5.74, 6) is 1.46. The molecule has 0 saturated carbocycles. The van der Waals surface area contributed by atoms with Gasteiger partial charge in [-0.15, -0.1) is 0 Å². The normalized spacial score (nSPS) is 10.7. The van der Waals surface area contributed by atoms with Crippen LogP contribution in [0.2, 0.25) is 0 Å². The smallest absolute Gasteiger partial charge is 0.325 e. The second-order valence-corrected chi connectivity index (χ2v) is 5.81. The lowest BCUT2D eigenvalue weighted by Crippen LogP contribution is -2.12. The molecular weight excluding hydrogens is 330 g/mol. The minimum Gasteiger partial charge on any atom is -0.494 e. The van der Waals surface area contributed by atoms with Crippen molar-refractivity contribution in [1.29, 1.82) is 0 Å². The summed E-state index contributed by atoms with van der Waals surface area (Å²) in [6.45, 7) is 3.84. The van der Waals surface area contributed by atoms with Crippen LogP contribution in [-0.2, 0) is 16.1 Å². The summed E-state index contributed by atoms with van der Waals surface area (Å²) in [5, 5.41) is 4.29. The molecule has 0 spiro atoms. The molecule has 1 N–H and O–H groups in total. The molecule has 136 valence electrons. The van der Waals surface area contributed by atoms with E-state index in [-0.39, 0.29) is 12.5 Å². The lowest BCUT2D eigenvalue weighted by atomic mass is 10.2. The summed E-state index contributed by atoms with van der Waals surface area (Å²) in [5.41, 5.74) is 0.988. The second-order valence-electron chi connectivity index (χ2n) is 5.81. The molecule has 0 saturated heterocycles. The molecule has 0 aliphatic rings. The second kappa shape index (κ2) is 8.89. The van der Waals surface area contributed by atoms with Crippen molar-refractivity contribution in [1.82, 2.24) is 9.55 Å². The maximum absolute atomic E-state index is 11.6. The van der Waals surface area contributed by atoms with E-state index in [0.717, 1.165) is 35.4 Å². The Morgan fingerprint density at radius 1 is 1.23 bits per heavy atom. The van der Waals surface area contributed by atoms with Gasteiger partial charge in [-0.2, -0.15) is 0 Å². The Kier molecular flexibility index (Phi) is 6.09. The van der Waals surface area contributed by atoms with Crippen molar-refractivity contribution in [2.24, 2.45) is 0 Å². The number of rotatable bonds is 9. The fourth-order valence-corrected chi connectivity index (χ4v) is 2.70. The van der Waals surface area contributed by atoms with Gasteiger partial charge in [0.15, 0.2) is 0 Å². The van der Waals surface area contributed by atoms with E-state index in [9.17, 15) is 4.79 Å². The van der Waals surface area contributed by atoms with E-state index >= 15 is 0 Å². The third-order valence-electron chi connectivity index (χ3n) is 3.91. The first-order chi connectivity index (χ1) is 12.8. The topological polar surface area (TPSA) is 65.4 Å². The van der Waals surface area contributed by atoms with E-state index in [4.69, 9.17) is 9.47 Å². The molecule has 3 aromatic rings. The number of anilines is 1. The number of fused-ring (bicyclic) bond motifs is 1. The van der Waals surface area contributed by atoms with E-state index in [1.807, 2.05) is 53.2 Å². The Morgan fingerprint density at radius 3 is 2.96 bits per heavy atom. The highest BCUT2D eigenvalue weighted by atomic mass is 16.5. The highest BCUT2D eigenvalue weighted by Gasteiger charge is 2.07. The van der Waals surface area contributed by atoms with Crippen LogP contribution in [0.5, 0.6) is 5.75 Å². The quantitative estimate of drug-likeness (QED) is 0.471. The summed E-state index contributed by atoms with van der Waals surface area (Å²) < 4.78 is 12.7. The number of carbonyl (C=O) groups is 1. The number of ether oxygens (including phenoxy) is 2. The summed E-state index contributed by atoms with van der Waals surface area (Å²) in [7, 11) is 0. The summed E-state index contributed by atoms with van der Waals surface area (Å²) in [6.07, 6.45) is 4.53. The summed E-state index contributed by atoms with van der Waals surface area (Å²) in [4.78, 5) is 15.9. The first-order valence-corrected chi connectivity index (χ1v) is 8.78. The molecule has 1 aromatic carbocycles. The Morgan fingerprint density at radius 2 is 2.15 bits per heavy atom. The molecule has 6 nitrogen and oxygen atoms in total. The number of aromatic nitrogens is 2. The van der Waals surface area contributed by atoms with Gasteiger partial charge in [-0.05, 0) is 49.7 Å². The van der Waals surface area contributed by atoms with Gasteiger partial charge in [0.2, 0.25) is 0 Å². The fourth-order valence-electron chi connectivity index (χ4n) is 2.70. The minimum absolute atomic E-state index is 0.219. The van der Waals surface area contributed by atoms with Crippen LogP contribution >= 0.6 is 0 Å². The predicted octanol–water partition coefficient (Wildman–Crippen LogP) is 3.48. The number of hydrogen-bond donors (Lipinski definition) is 1. The summed E-state index contributed by atoms with van der Waals surface area (Å²) >= 11 is 0. The Bertz CT molecular complexity index is 846. The lowest BCUT2D eigenvalue weighted by molar-refractivity contribution is -0.143. The number of hydrogen-bond acceptors (Lipinski definition) is 5. The van der Waals surface area contributed by atoms with Gasteiger partial charge in [-0.25, -0.2) is 4.98 Å². The number of esters is 1. The molecule has 0 amide bonds. The number of benzene rings is 1. The fraction of sp³-hybridized carbons (Fsp3) is 0.300. The van der Waals surface area contributed by atoms with Crippen LogP contribution in [0.3, 0.4) is 0 Å². The van der Waals surface area contributed by atoms with Crippen molar-refractivity contribution >= 4 is 22.7 Å². The molecule has 0 atom stereocenters. The van der Waals surface area contributed by atoms with Crippen molar-refractivity contribution in [3.8, 4) is 5.75 Å². The Labute approximate surface area is 152 Å². The van der Waals surface area contributed by atoms with E-state index in [1.54, 1.807) is 13.1 Å². The molecule has 0 fully saturated rings. The van der Waals surface area contributed by atoms with Gasteiger partial charge in [0.05, 0.1) is 13.2 Å². The van der Waals surface area contributed by atoms with Crippen LogP contribution in [0.25, 0.3) is 10.9 Å². The molecule has 26 heavy (non-hydrogen) atoms. The van der Waals surface area contributed by atoms with Gasteiger partial charge >= 0.3 is 5.97 Å². The highest BCUT2D eigenvalue weighted by Crippen LogP contribution is 2.22. The molecule has 6 heteroatoms. The lowest BCUT2D eigenvalue weighted by Gasteiger charge is -2.09. The SMILES string of the molecule is CCOC(=O)Cn1ccc2cc(OCCCNc3ccccn3)ccc21. The third-order valence-corrected chi connectivity index (χ3v) is 3.91. The van der Waals surface area contributed by atoms with Crippen molar-refractivity contribution < 1.29 is 14.3 Å². The van der Waals surface area contributed by atoms with Crippen LogP contribution in [0.15, 0.2) is 54.9 Å². The first-order valence-electron chi connectivity index (χ1n) is 8.78. The Balaban J connectivity index is 1.49. The van der Waals surface area contributed by atoms with Crippen LogP contribution < -0.4 is 10.1 Å². The van der Waals surface area contributed by atoms with E-state index in [0.29, 0.717) is 13.2 Å². The zero-order valence-corrected chi connectivity index (χ0v) is 14.9. The van der Waals surface area contributed by atoms with Gasteiger partial charge in [0, 0.05) is 29.8 Å². The average Bonchev–Trinajstić information content (AvgIpc) is 3.04. The molecule has 3 rings (SSSR count). The molecule has 0 aliphatic heterocycles. The predicted molar refractivity (Wildman–Crippen MR) is 101 cm³/mol. The number of nitrogens with one attached hydrogen (secondary N) is 1. The summed E-state index contributed by atoms with van der Waals surface area (Å²) in [6, 6.07) is 13.6. The van der Waals surface area contributed by atoms with Gasteiger partial charge in [0.25, 0.3) is 0 Å². The molecule has 0 radical (unpaired) electrons. The van der Waals surface area contributed by atoms with Crippen molar-refractivity contribution in [2.45, 2.75) is 19.9 Å². The minimum atomic E-state index is -0.231. The van der Waals surface area contributed by atoms with Crippen molar-refractivity contribution in [3.63, 3.8) is 0 Å². The highest BCUT2D eigenvalue weighted by molar-refractivity contribution is 5.83. The largest absolute Gasteiger partial charge is 0.494 e. The molecular formula is C20H23N3O3. The van der Waals surface area contributed by atoms with Crippen molar-refractivity contribution in [2.75, 3.05) is 25.1 Å². The average molecular weight is 353 g/mol. The maximum Gasteiger partial charge on any atom is 0.325 e. The number of pyridine rings is 1. The monoisotopic (exact) mass is 353 g/mol. The van der Waals surface area contributed by atoms with E-state index in [2.05, 4.69) is 10.3 Å².